The van der Waals surface area contributed by atoms with E-state index in [2.05, 4.69) is 34.6 Å². The summed E-state index contributed by atoms with van der Waals surface area (Å²) in [6.45, 7) is 4.41. The molecule has 5 nitrogen and oxygen atoms in total. The van der Waals surface area contributed by atoms with Crippen LogP contribution in [0, 0.1) is 5.92 Å². The van der Waals surface area contributed by atoms with Crippen molar-refractivity contribution < 1.29 is 0 Å². The maximum Gasteiger partial charge on any atom is 0.145 e. The van der Waals surface area contributed by atoms with Crippen LogP contribution in [0.4, 0.5) is 11.6 Å². The molecule has 0 aliphatic heterocycles. The predicted octanol–water partition coefficient (Wildman–Crippen LogP) is 3.10. The monoisotopic (exact) mass is 277 g/mol. The van der Waals surface area contributed by atoms with E-state index in [9.17, 15) is 0 Å². The summed E-state index contributed by atoms with van der Waals surface area (Å²) in [5.41, 5.74) is 2.64. The van der Waals surface area contributed by atoms with Gasteiger partial charge in [0.2, 0.25) is 0 Å². The maximum absolute atomic E-state index is 5.50. The Morgan fingerprint density at radius 3 is 2.65 bits per heavy atom. The molecule has 1 fully saturated rings. The van der Waals surface area contributed by atoms with E-state index in [1.807, 2.05) is 6.07 Å². The molecule has 0 aromatic carbocycles. The van der Waals surface area contributed by atoms with Crippen molar-refractivity contribution in [1.29, 1.82) is 0 Å². The summed E-state index contributed by atoms with van der Waals surface area (Å²) in [4.78, 5) is 9.00. The molecule has 2 rings (SSSR count). The van der Waals surface area contributed by atoms with Crippen molar-refractivity contribution in [1.82, 2.24) is 9.97 Å². The Labute approximate surface area is 121 Å². The van der Waals surface area contributed by atoms with Crippen LogP contribution in [-0.4, -0.2) is 16.0 Å². The molecule has 2 atom stereocenters. The Morgan fingerprint density at radius 1 is 1.20 bits per heavy atom. The third kappa shape index (κ3) is 3.82. The lowest BCUT2D eigenvalue weighted by Crippen LogP contribution is -2.32. The molecule has 5 heteroatoms. The Bertz CT molecular complexity index is 421. The van der Waals surface area contributed by atoms with E-state index in [1.165, 1.54) is 32.1 Å². The van der Waals surface area contributed by atoms with Gasteiger partial charge < -0.3 is 10.7 Å². The normalized spacial score (nSPS) is 22.6. The quantitative estimate of drug-likeness (QED) is 0.550. The highest BCUT2D eigenvalue weighted by atomic mass is 15.3. The van der Waals surface area contributed by atoms with Gasteiger partial charge in [0.1, 0.15) is 17.5 Å². The lowest BCUT2D eigenvalue weighted by Gasteiger charge is -2.32. The molecular weight excluding hydrogens is 250 g/mol. The number of anilines is 2. The van der Waals surface area contributed by atoms with E-state index < -0.39 is 0 Å². The zero-order valence-electron chi connectivity index (χ0n) is 12.7. The molecule has 20 heavy (non-hydrogen) atoms. The van der Waals surface area contributed by atoms with Gasteiger partial charge in [0.25, 0.3) is 0 Å². The molecule has 1 aromatic rings. The molecule has 0 bridgehead atoms. The van der Waals surface area contributed by atoms with Crippen LogP contribution < -0.4 is 16.6 Å². The average molecular weight is 277 g/mol. The van der Waals surface area contributed by atoms with Crippen LogP contribution in [0.5, 0.6) is 0 Å². The summed E-state index contributed by atoms with van der Waals surface area (Å²) in [7, 11) is 0. The number of aromatic nitrogens is 2. The fourth-order valence-corrected chi connectivity index (χ4v) is 3.06. The number of hydrogen-bond donors (Lipinski definition) is 3. The second-order valence-corrected chi connectivity index (χ2v) is 5.65. The van der Waals surface area contributed by atoms with E-state index in [-0.39, 0.29) is 0 Å². The molecule has 1 aromatic heterocycles. The first kappa shape index (κ1) is 15.0. The highest BCUT2D eigenvalue weighted by Crippen LogP contribution is 2.29. The molecule has 1 saturated carbocycles. The number of hydrogen-bond acceptors (Lipinski definition) is 5. The van der Waals surface area contributed by atoms with Crippen LogP contribution in [-0.2, 0) is 6.42 Å². The molecule has 1 heterocycles. The van der Waals surface area contributed by atoms with Gasteiger partial charge in [0.05, 0.1) is 0 Å². The van der Waals surface area contributed by atoms with Crippen molar-refractivity contribution in [2.75, 3.05) is 10.7 Å². The average Bonchev–Trinajstić information content (AvgIpc) is 2.48. The van der Waals surface area contributed by atoms with Crippen LogP contribution in [0.15, 0.2) is 6.07 Å². The number of aryl methyl sites for hydroxylation is 1. The number of rotatable bonds is 6. The van der Waals surface area contributed by atoms with Gasteiger partial charge in [-0.1, -0.05) is 33.1 Å². The van der Waals surface area contributed by atoms with Crippen molar-refractivity contribution in [2.24, 2.45) is 11.8 Å². The number of nitrogens with one attached hydrogen (secondary N) is 2. The Morgan fingerprint density at radius 2 is 1.95 bits per heavy atom. The maximum atomic E-state index is 5.50. The molecule has 112 valence electrons. The van der Waals surface area contributed by atoms with Gasteiger partial charge in [0, 0.05) is 18.5 Å². The predicted molar refractivity (Wildman–Crippen MR) is 83.5 cm³/mol. The molecule has 4 N–H and O–H groups in total. The Hall–Kier alpha value is -1.36. The minimum absolute atomic E-state index is 0.531. The summed E-state index contributed by atoms with van der Waals surface area (Å²) < 4.78 is 0. The van der Waals surface area contributed by atoms with Crippen LogP contribution >= 0.6 is 0 Å². The van der Waals surface area contributed by atoms with Gasteiger partial charge in [-0.3, -0.25) is 0 Å². The van der Waals surface area contributed by atoms with Crippen molar-refractivity contribution in [3.8, 4) is 0 Å². The van der Waals surface area contributed by atoms with Gasteiger partial charge in [-0.15, -0.1) is 0 Å². The van der Waals surface area contributed by atoms with Crippen LogP contribution in [0.25, 0.3) is 0 Å². The summed E-state index contributed by atoms with van der Waals surface area (Å²) in [6.07, 6.45) is 8.37. The van der Waals surface area contributed by atoms with E-state index in [0.29, 0.717) is 11.9 Å². The Balaban J connectivity index is 2.12. The van der Waals surface area contributed by atoms with Crippen molar-refractivity contribution in [3.63, 3.8) is 0 Å². The molecule has 0 radical (unpaired) electrons. The lowest BCUT2D eigenvalue weighted by molar-refractivity contribution is 0.317. The smallest absolute Gasteiger partial charge is 0.145 e. The molecule has 0 amide bonds. The van der Waals surface area contributed by atoms with Crippen molar-refractivity contribution in [2.45, 2.75) is 64.8 Å². The summed E-state index contributed by atoms with van der Waals surface area (Å²) in [6, 6.07) is 2.43. The third-order valence-corrected chi connectivity index (χ3v) is 4.16. The second kappa shape index (κ2) is 7.43. The number of nitrogens with zero attached hydrogens (tertiary/aromatic N) is 2. The van der Waals surface area contributed by atoms with Gasteiger partial charge in [0.15, 0.2) is 0 Å². The SMILES string of the molecule is CCCc1nc(NN)cc(NC2CCCCC2CC)n1. The number of nitrogen functional groups attached to an aromatic ring is 1. The lowest BCUT2D eigenvalue weighted by atomic mass is 9.83. The van der Waals surface area contributed by atoms with E-state index >= 15 is 0 Å². The van der Waals surface area contributed by atoms with Gasteiger partial charge in [-0.2, -0.15) is 0 Å². The zero-order valence-corrected chi connectivity index (χ0v) is 12.7. The zero-order chi connectivity index (χ0) is 14.4. The fraction of sp³-hybridized carbons (Fsp3) is 0.733. The Kier molecular flexibility index (Phi) is 5.59. The van der Waals surface area contributed by atoms with Crippen LogP contribution in [0.1, 0.15) is 58.2 Å². The van der Waals surface area contributed by atoms with Gasteiger partial charge >= 0.3 is 0 Å². The topological polar surface area (TPSA) is 75.9 Å². The van der Waals surface area contributed by atoms with Gasteiger partial charge in [-0.25, -0.2) is 15.8 Å². The van der Waals surface area contributed by atoms with Gasteiger partial charge in [-0.05, 0) is 25.2 Å². The number of nitrogens with two attached hydrogens (primary N) is 1. The summed E-state index contributed by atoms with van der Waals surface area (Å²) in [5.74, 6) is 8.70. The second-order valence-electron chi connectivity index (χ2n) is 5.65. The molecule has 2 unspecified atom stereocenters. The molecule has 1 aliphatic rings. The molecule has 0 spiro atoms. The van der Waals surface area contributed by atoms with Crippen molar-refractivity contribution in [3.05, 3.63) is 11.9 Å². The highest BCUT2D eigenvalue weighted by Gasteiger charge is 2.23. The molecule has 1 aliphatic carbocycles. The number of hydrazine groups is 1. The minimum Gasteiger partial charge on any atom is -0.367 e. The third-order valence-electron chi connectivity index (χ3n) is 4.16. The van der Waals surface area contributed by atoms with Crippen LogP contribution in [0.2, 0.25) is 0 Å². The first-order valence-corrected chi connectivity index (χ1v) is 7.87. The van der Waals surface area contributed by atoms with E-state index in [0.717, 1.165) is 30.4 Å². The standard InChI is InChI=1S/C15H27N5/c1-3-7-13-18-14(10-15(19-13)20-16)17-12-9-6-5-8-11(12)4-2/h10-12H,3-9,16H2,1-2H3,(H2,17,18,19,20). The fourth-order valence-electron chi connectivity index (χ4n) is 3.06. The minimum atomic E-state index is 0.531. The molecule has 0 saturated heterocycles. The first-order chi connectivity index (χ1) is 9.76. The van der Waals surface area contributed by atoms with Crippen LogP contribution in [0.3, 0.4) is 0 Å². The summed E-state index contributed by atoms with van der Waals surface area (Å²) in [5, 5.41) is 3.61. The molecular formula is C15H27N5. The largest absolute Gasteiger partial charge is 0.367 e. The van der Waals surface area contributed by atoms with E-state index in [1.54, 1.807) is 0 Å². The highest BCUT2D eigenvalue weighted by molar-refractivity contribution is 5.47. The van der Waals surface area contributed by atoms with Crippen molar-refractivity contribution >= 4 is 11.6 Å². The first-order valence-electron chi connectivity index (χ1n) is 7.87. The summed E-state index contributed by atoms with van der Waals surface area (Å²) >= 11 is 0. The van der Waals surface area contributed by atoms with E-state index in [4.69, 9.17) is 5.84 Å².